The van der Waals surface area contributed by atoms with Gasteiger partial charge in [0.1, 0.15) is 0 Å². The van der Waals surface area contributed by atoms with E-state index in [1.807, 2.05) is 6.92 Å². The summed E-state index contributed by atoms with van der Waals surface area (Å²) < 4.78 is 1.78. The highest BCUT2D eigenvalue weighted by Gasteiger charge is 2.17. The first-order valence-corrected chi connectivity index (χ1v) is 9.70. The van der Waals surface area contributed by atoms with E-state index < -0.39 is 0 Å². The quantitative estimate of drug-likeness (QED) is 0.822. The molecule has 25 heavy (non-hydrogen) atoms. The van der Waals surface area contributed by atoms with Gasteiger partial charge in [-0.2, -0.15) is 0 Å². The summed E-state index contributed by atoms with van der Waals surface area (Å²) in [5.74, 6) is 0.773. The number of piperidine rings is 1. The standard InChI is InChI=1S/C17H26N6OS/c1-11(2)17-20-12(3)15(25-17)8-19-16(24)14-10-23(22-21-14)9-13-5-4-6-18-7-13/h10-11,13,18H,4-9H2,1-3H3,(H,19,24)/t13-/m0/s1. The Labute approximate surface area is 152 Å². The average Bonchev–Trinajstić information content (AvgIpc) is 3.20. The number of thiazole rings is 1. The van der Waals surface area contributed by atoms with Crippen molar-refractivity contribution in [2.24, 2.45) is 5.92 Å². The zero-order valence-electron chi connectivity index (χ0n) is 15.1. The van der Waals surface area contributed by atoms with E-state index in [-0.39, 0.29) is 5.91 Å². The second-order valence-electron chi connectivity index (χ2n) is 6.94. The Morgan fingerprint density at radius 2 is 2.36 bits per heavy atom. The summed E-state index contributed by atoms with van der Waals surface area (Å²) in [6.45, 7) is 9.62. The lowest BCUT2D eigenvalue weighted by molar-refractivity contribution is 0.0946. The molecule has 2 aromatic heterocycles. The van der Waals surface area contributed by atoms with Crippen molar-refractivity contribution in [3.8, 4) is 0 Å². The number of aryl methyl sites for hydroxylation is 1. The van der Waals surface area contributed by atoms with E-state index in [2.05, 4.69) is 39.8 Å². The Morgan fingerprint density at radius 1 is 1.52 bits per heavy atom. The number of amides is 1. The molecule has 0 saturated carbocycles. The number of nitrogens with zero attached hydrogens (tertiary/aromatic N) is 4. The third kappa shape index (κ3) is 4.64. The van der Waals surface area contributed by atoms with Gasteiger partial charge in [-0.1, -0.05) is 19.1 Å². The van der Waals surface area contributed by atoms with Crippen LogP contribution in [0.15, 0.2) is 6.20 Å². The van der Waals surface area contributed by atoms with Crippen LogP contribution in [0.2, 0.25) is 0 Å². The SMILES string of the molecule is Cc1nc(C(C)C)sc1CNC(=O)c1cn(C[C@H]2CCCNC2)nn1. The van der Waals surface area contributed by atoms with Gasteiger partial charge in [0.15, 0.2) is 5.69 Å². The zero-order chi connectivity index (χ0) is 17.8. The van der Waals surface area contributed by atoms with E-state index in [0.29, 0.717) is 24.1 Å². The van der Waals surface area contributed by atoms with Crippen molar-refractivity contribution in [1.82, 2.24) is 30.6 Å². The minimum Gasteiger partial charge on any atom is -0.346 e. The Bertz CT molecular complexity index is 717. The minimum absolute atomic E-state index is 0.188. The fourth-order valence-electron chi connectivity index (χ4n) is 2.95. The van der Waals surface area contributed by atoms with Crippen molar-refractivity contribution in [1.29, 1.82) is 0 Å². The van der Waals surface area contributed by atoms with Gasteiger partial charge in [-0.25, -0.2) is 4.98 Å². The molecule has 136 valence electrons. The van der Waals surface area contributed by atoms with Crippen LogP contribution < -0.4 is 10.6 Å². The molecule has 0 unspecified atom stereocenters. The van der Waals surface area contributed by atoms with Gasteiger partial charge in [-0.3, -0.25) is 9.48 Å². The molecule has 2 aromatic rings. The normalized spacial score (nSPS) is 17.8. The number of nitrogens with one attached hydrogen (secondary N) is 2. The Balaban J connectivity index is 1.54. The zero-order valence-corrected chi connectivity index (χ0v) is 15.9. The number of carbonyl (C=O) groups is 1. The summed E-state index contributed by atoms with van der Waals surface area (Å²) in [5.41, 5.74) is 1.36. The van der Waals surface area contributed by atoms with Crippen LogP contribution in [0.4, 0.5) is 0 Å². The van der Waals surface area contributed by atoms with Gasteiger partial charge in [0.25, 0.3) is 5.91 Å². The second kappa shape index (κ2) is 8.05. The third-order valence-electron chi connectivity index (χ3n) is 4.43. The molecule has 3 heterocycles. The highest BCUT2D eigenvalue weighted by molar-refractivity contribution is 7.11. The maximum Gasteiger partial charge on any atom is 0.273 e. The Hall–Kier alpha value is -1.80. The van der Waals surface area contributed by atoms with Gasteiger partial charge in [-0.15, -0.1) is 16.4 Å². The molecule has 7 nitrogen and oxygen atoms in total. The van der Waals surface area contributed by atoms with Crippen molar-refractivity contribution in [3.63, 3.8) is 0 Å². The minimum atomic E-state index is -0.188. The van der Waals surface area contributed by atoms with E-state index in [9.17, 15) is 4.79 Å². The molecule has 0 spiro atoms. The lowest BCUT2D eigenvalue weighted by Gasteiger charge is -2.22. The molecule has 3 rings (SSSR count). The first-order chi connectivity index (χ1) is 12.0. The third-order valence-corrected chi connectivity index (χ3v) is 5.89. The van der Waals surface area contributed by atoms with Crippen molar-refractivity contribution in [2.75, 3.05) is 13.1 Å². The molecule has 0 radical (unpaired) electrons. The highest BCUT2D eigenvalue weighted by atomic mass is 32.1. The molecule has 1 fully saturated rings. The second-order valence-corrected chi connectivity index (χ2v) is 8.05. The first kappa shape index (κ1) is 18.0. The monoisotopic (exact) mass is 362 g/mol. The van der Waals surface area contributed by atoms with Crippen molar-refractivity contribution in [2.45, 2.75) is 52.6 Å². The summed E-state index contributed by atoms with van der Waals surface area (Å²) in [6, 6.07) is 0. The van der Waals surface area contributed by atoms with E-state index in [1.165, 1.54) is 12.8 Å². The topological polar surface area (TPSA) is 84.7 Å². The molecular weight excluding hydrogens is 336 g/mol. The fraction of sp³-hybridized carbons (Fsp3) is 0.647. The van der Waals surface area contributed by atoms with Crippen molar-refractivity contribution < 1.29 is 4.79 Å². The molecule has 8 heteroatoms. The number of rotatable bonds is 6. The Morgan fingerprint density at radius 3 is 3.04 bits per heavy atom. The van der Waals surface area contributed by atoms with Crippen LogP contribution in [0.3, 0.4) is 0 Å². The van der Waals surface area contributed by atoms with Crippen molar-refractivity contribution >= 4 is 17.2 Å². The van der Waals surface area contributed by atoms with Crippen molar-refractivity contribution in [3.05, 3.63) is 27.5 Å². The summed E-state index contributed by atoms with van der Waals surface area (Å²) >= 11 is 1.66. The number of aromatic nitrogens is 4. The maximum absolute atomic E-state index is 12.3. The van der Waals surface area contributed by atoms with Gasteiger partial charge in [-0.05, 0) is 38.8 Å². The molecule has 2 N–H and O–H groups in total. The molecule has 1 amide bonds. The van der Waals surface area contributed by atoms with E-state index >= 15 is 0 Å². The van der Waals surface area contributed by atoms with Crippen LogP contribution in [-0.2, 0) is 13.1 Å². The molecular formula is C17H26N6OS. The highest BCUT2D eigenvalue weighted by Crippen LogP contribution is 2.24. The van der Waals surface area contributed by atoms with Gasteiger partial charge in [0.05, 0.1) is 23.4 Å². The number of hydrogen-bond donors (Lipinski definition) is 2. The molecule has 1 saturated heterocycles. The van der Waals surface area contributed by atoms with Gasteiger partial charge in [0.2, 0.25) is 0 Å². The van der Waals surface area contributed by atoms with Gasteiger partial charge >= 0.3 is 0 Å². The average molecular weight is 363 g/mol. The Kier molecular flexibility index (Phi) is 5.80. The van der Waals surface area contributed by atoms with Gasteiger partial charge < -0.3 is 10.6 Å². The molecule has 1 aliphatic rings. The van der Waals surface area contributed by atoms with Crippen LogP contribution in [0, 0.1) is 12.8 Å². The van der Waals surface area contributed by atoms with Crippen LogP contribution in [0.1, 0.15) is 58.7 Å². The lowest BCUT2D eigenvalue weighted by atomic mass is 10.00. The predicted molar refractivity (Wildman–Crippen MR) is 97.7 cm³/mol. The summed E-state index contributed by atoms with van der Waals surface area (Å²) in [7, 11) is 0. The lowest BCUT2D eigenvalue weighted by Crippen LogP contribution is -2.32. The summed E-state index contributed by atoms with van der Waals surface area (Å²) in [6.07, 6.45) is 4.12. The number of carbonyl (C=O) groups excluding carboxylic acids is 1. The fourth-order valence-corrected chi connectivity index (χ4v) is 3.96. The molecule has 0 aromatic carbocycles. The van der Waals surface area contributed by atoms with E-state index in [0.717, 1.165) is 35.2 Å². The summed E-state index contributed by atoms with van der Waals surface area (Å²) in [4.78, 5) is 18.0. The molecule has 0 aliphatic carbocycles. The molecule has 0 bridgehead atoms. The predicted octanol–water partition coefficient (Wildman–Crippen LogP) is 2.10. The maximum atomic E-state index is 12.3. The van der Waals surface area contributed by atoms with Crippen LogP contribution >= 0.6 is 11.3 Å². The first-order valence-electron chi connectivity index (χ1n) is 8.88. The molecule has 1 atom stereocenters. The van der Waals surface area contributed by atoms with E-state index in [4.69, 9.17) is 0 Å². The number of hydrogen-bond acceptors (Lipinski definition) is 6. The largest absolute Gasteiger partial charge is 0.346 e. The van der Waals surface area contributed by atoms with Crippen LogP contribution in [0.5, 0.6) is 0 Å². The van der Waals surface area contributed by atoms with Crippen LogP contribution in [-0.4, -0.2) is 39.0 Å². The van der Waals surface area contributed by atoms with Gasteiger partial charge in [0, 0.05) is 17.3 Å². The van der Waals surface area contributed by atoms with E-state index in [1.54, 1.807) is 22.2 Å². The summed E-state index contributed by atoms with van der Waals surface area (Å²) in [5, 5.41) is 15.5. The smallest absolute Gasteiger partial charge is 0.273 e. The van der Waals surface area contributed by atoms with Crippen LogP contribution in [0.25, 0.3) is 0 Å². The molecule has 1 aliphatic heterocycles.